The minimum absolute atomic E-state index is 0.0974. The number of phenols is 1. The van der Waals surface area contributed by atoms with Gasteiger partial charge in [0.15, 0.2) is 0 Å². The van der Waals surface area contributed by atoms with Crippen molar-refractivity contribution in [1.29, 1.82) is 0 Å². The molecule has 1 aromatic heterocycles. The molecular formula is C22H21ClN2O2S. The average Bonchev–Trinajstić information content (AvgIpc) is 3.15. The molecule has 0 fully saturated rings. The smallest absolute Gasteiger partial charge is 0.135 e. The molecule has 28 heavy (non-hydrogen) atoms. The molecule has 6 heteroatoms. The van der Waals surface area contributed by atoms with E-state index in [4.69, 9.17) is 21.3 Å². The molecule has 0 bridgehead atoms. The molecule has 4 rings (SSSR count). The third kappa shape index (κ3) is 3.78. The van der Waals surface area contributed by atoms with Crippen LogP contribution in [-0.4, -0.2) is 17.9 Å². The van der Waals surface area contributed by atoms with Crippen LogP contribution in [0.15, 0.2) is 58.9 Å². The molecular weight excluding hydrogens is 392 g/mol. The van der Waals surface area contributed by atoms with Crippen LogP contribution >= 0.6 is 22.9 Å². The Labute approximate surface area is 173 Å². The Bertz CT molecular complexity index is 1010. The lowest BCUT2D eigenvalue weighted by Crippen LogP contribution is -2.33. The van der Waals surface area contributed by atoms with Crippen molar-refractivity contribution in [1.82, 2.24) is 5.32 Å². The molecule has 144 valence electrons. The van der Waals surface area contributed by atoms with Gasteiger partial charge in [-0.25, -0.2) is 0 Å². The topological polar surface area (TPSA) is 53.8 Å². The summed E-state index contributed by atoms with van der Waals surface area (Å²) in [7, 11) is 1.66. The predicted octanol–water partition coefficient (Wildman–Crippen LogP) is 5.65. The summed E-state index contributed by atoms with van der Waals surface area (Å²) in [6.07, 6.45) is 0.482. The van der Waals surface area contributed by atoms with Gasteiger partial charge in [0, 0.05) is 33.6 Å². The van der Waals surface area contributed by atoms with Crippen LogP contribution in [-0.2, 0) is 0 Å². The molecule has 0 aliphatic carbocycles. The zero-order chi connectivity index (χ0) is 19.7. The van der Waals surface area contributed by atoms with Crippen LogP contribution in [0.3, 0.4) is 0 Å². The fourth-order valence-electron chi connectivity index (χ4n) is 3.47. The van der Waals surface area contributed by atoms with Crippen molar-refractivity contribution in [2.45, 2.75) is 25.6 Å². The zero-order valence-electron chi connectivity index (χ0n) is 15.6. The van der Waals surface area contributed by atoms with Crippen molar-refractivity contribution in [3.05, 3.63) is 80.5 Å². The van der Waals surface area contributed by atoms with Gasteiger partial charge in [-0.15, -0.1) is 11.3 Å². The largest absolute Gasteiger partial charge is 0.508 e. The number of ether oxygens (including phenoxy) is 1. The van der Waals surface area contributed by atoms with Crippen LogP contribution in [0.2, 0.25) is 5.02 Å². The van der Waals surface area contributed by atoms with Crippen LogP contribution in [0.25, 0.3) is 0 Å². The summed E-state index contributed by atoms with van der Waals surface area (Å²) in [6, 6.07) is 15.1. The SMILES string of the molecule is COc1ccc(C2=N[C@H](c3sccc3C)N[C@H](c3cc(Cl)ccc3O)C2)cc1. The number of hydrogen-bond acceptors (Lipinski definition) is 5. The monoisotopic (exact) mass is 412 g/mol. The van der Waals surface area contributed by atoms with E-state index < -0.39 is 0 Å². The summed E-state index contributed by atoms with van der Waals surface area (Å²) < 4.78 is 5.27. The molecule has 0 radical (unpaired) electrons. The first-order valence-corrected chi connectivity index (χ1v) is 10.3. The second kappa shape index (κ2) is 7.95. The number of methoxy groups -OCH3 is 1. The van der Waals surface area contributed by atoms with Gasteiger partial charge in [-0.05, 0) is 72.0 Å². The number of phenolic OH excluding ortho intramolecular Hbond substituents is 1. The number of nitrogens with one attached hydrogen (secondary N) is 1. The van der Waals surface area contributed by atoms with Gasteiger partial charge in [-0.1, -0.05) is 11.6 Å². The predicted molar refractivity (Wildman–Crippen MR) is 115 cm³/mol. The van der Waals surface area contributed by atoms with Crippen LogP contribution in [0.4, 0.5) is 0 Å². The summed E-state index contributed by atoms with van der Waals surface area (Å²) in [5.41, 5.74) is 4.03. The molecule has 0 saturated heterocycles. The first-order chi connectivity index (χ1) is 13.5. The van der Waals surface area contributed by atoms with Gasteiger partial charge in [0.05, 0.1) is 7.11 Å². The Morgan fingerprint density at radius 1 is 1.18 bits per heavy atom. The summed E-state index contributed by atoms with van der Waals surface area (Å²) in [5.74, 6) is 1.05. The van der Waals surface area contributed by atoms with E-state index in [-0.39, 0.29) is 18.0 Å². The number of aryl methyl sites for hydroxylation is 1. The summed E-state index contributed by atoms with van der Waals surface area (Å²) >= 11 is 7.89. The molecule has 0 saturated carbocycles. The molecule has 2 N–H and O–H groups in total. The molecule has 4 nitrogen and oxygen atoms in total. The van der Waals surface area contributed by atoms with E-state index in [1.54, 1.807) is 30.6 Å². The third-order valence-electron chi connectivity index (χ3n) is 4.98. The van der Waals surface area contributed by atoms with E-state index >= 15 is 0 Å². The van der Waals surface area contributed by atoms with Crippen LogP contribution in [0, 0.1) is 6.92 Å². The first kappa shape index (κ1) is 19.0. The molecule has 0 unspecified atom stereocenters. The van der Waals surface area contributed by atoms with Crippen molar-refractivity contribution in [3.63, 3.8) is 0 Å². The quantitative estimate of drug-likeness (QED) is 0.582. The van der Waals surface area contributed by atoms with E-state index in [2.05, 4.69) is 23.7 Å². The highest BCUT2D eigenvalue weighted by molar-refractivity contribution is 7.10. The van der Waals surface area contributed by atoms with Gasteiger partial charge in [0.2, 0.25) is 0 Å². The van der Waals surface area contributed by atoms with Crippen molar-refractivity contribution in [2.75, 3.05) is 7.11 Å². The number of halogens is 1. The lowest BCUT2D eigenvalue weighted by atomic mass is 9.94. The maximum atomic E-state index is 10.4. The van der Waals surface area contributed by atoms with E-state index in [0.29, 0.717) is 11.4 Å². The number of benzene rings is 2. The fraction of sp³-hybridized carbons (Fsp3) is 0.227. The Kier molecular flexibility index (Phi) is 5.40. The van der Waals surface area contributed by atoms with Crippen LogP contribution in [0.1, 0.15) is 40.2 Å². The van der Waals surface area contributed by atoms with Gasteiger partial charge in [-0.3, -0.25) is 10.3 Å². The van der Waals surface area contributed by atoms with Gasteiger partial charge >= 0.3 is 0 Å². The minimum Gasteiger partial charge on any atom is -0.508 e. The van der Waals surface area contributed by atoms with Gasteiger partial charge in [0.25, 0.3) is 0 Å². The van der Waals surface area contributed by atoms with Crippen molar-refractivity contribution >= 4 is 28.6 Å². The van der Waals surface area contributed by atoms with Crippen molar-refractivity contribution in [3.8, 4) is 11.5 Å². The molecule has 0 amide bonds. The second-order valence-electron chi connectivity index (χ2n) is 6.80. The standard InChI is InChI=1S/C22H21ClN2O2S/c1-13-9-10-28-21(13)22-24-18(14-3-6-16(27-2)7-4-14)12-19(25-22)17-11-15(23)5-8-20(17)26/h3-11,19,22,25-26H,12H2,1-2H3/t19-,22-/m0/s1. The second-order valence-corrected chi connectivity index (χ2v) is 8.19. The van der Waals surface area contributed by atoms with Crippen molar-refractivity contribution < 1.29 is 9.84 Å². The molecule has 0 spiro atoms. The highest BCUT2D eigenvalue weighted by Gasteiger charge is 2.29. The lowest BCUT2D eigenvalue weighted by molar-refractivity contribution is 0.413. The Hall–Kier alpha value is -2.34. The number of aromatic hydroxyl groups is 1. The van der Waals surface area contributed by atoms with Crippen LogP contribution in [0.5, 0.6) is 11.5 Å². The molecule has 2 heterocycles. The lowest BCUT2D eigenvalue weighted by Gasteiger charge is -2.30. The maximum absolute atomic E-state index is 10.4. The molecule has 2 atom stereocenters. The zero-order valence-corrected chi connectivity index (χ0v) is 17.2. The van der Waals surface area contributed by atoms with E-state index in [9.17, 15) is 5.11 Å². The summed E-state index contributed by atoms with van der Waals surface area (Å²) in [4.78, 5) is 6.18. The van der Waals surface area contributed by atoms with Gasteiger partial charge < -0.3 is 9.84 Å². The molecule has 1 aliphatic heterocycles. The highest BCUT2D eigenvalue weighted by Crippen LogP contribution is 2.37. The van der Waals surface area contributed by atoms with Crippen LogP contribution < -0.4 is 10.1 Å². The summed E-state index contributed by atoms with van der Waals surface area (Å²) in [5, 5.41) is 16.7. The number of thiophene rings is 1. The fourth-order valence-corrected chi connectivity index (χ4v) is 4.57. The highest BCUT2D eigenvalue weighted by atomic mass is 35.5. The Morgan fingerprint density at radius 2 is 1.96 bits per heavy atom. The number of nitrogens with zero attached hydrogens (tertiary/aromatic N) is 1. The average molecular weight is 413 g/mol. The van der Waals surface area contributed by atoms with Gasteiger partial charge in [-0.2, -0.15) is 0 Å². The Balaban J connectivity index is 1.75. The van der Waals surface area contributed by atoms with E-state index in [0.717, 1.165) is 22.6 Å². The Morgan fingerprint density at radius 3 is 2.64 bits per heavy atom. The van der Waals surface area contributed by atoms with Crippen molar-refractivity contribution in [2.24, 2.45) is 4.99 Å². The normalized spacial score (nSPS) is 19.3. The van der Waals surface area contributed by atoms with Gasteiger partial charge in [0.1, 0.15) is 17.7 Å². The molecule has 3 aromatic rings. The van der Waals surface area contributed by atoms with E-state index in [1.807, 2.05) is 30.3 Å². The molecule has 1 aliphatic rings. The minimum atomic E-state index is -0.172. The number of rotatable bonds is 4. The number of aliphatic imine (C=N–C) groups is 1. The third-order valence-corrected chi connectivity index (χ3v) is 6.29. The summed E-state index contributed by atoms with van der Waals surface area (Å²) in [6.45, 7) is 2.09. The first-order valence-electron chi connectivity index (χ1n) is 9.04. The maximum Gasteiger partial charge on any atom is 0.135 e. The molecule has 2 aromatic carbocycles. The van der Waals surface area contributed by atoms with E-state index in [1.165, 1.54) is 10.4 Å². The number of hydrogen-bond donors (Lipinski definition) is 2.